The monoisotopic (exact) mass is 220 g/mol. The van der Waals surface area contributed by atoms with Crippen molar-refractivity contribution in [3.05, 3.63) is 34.9 Å². The van der Waals surface area contributed by atoms with Crippen molar-refractivity contribution in [2.75, 3.05) is 5.32 Å². The Labute approximate surface area is 91.9 Å². The van der Waals surface area contributed by atoms with Gasteiger partial charge in [-0.1, -0.05) is 11.6 Å². The van der Waals surface area contributed by atoms with E-state index in [0.717, 1.165) is 23.0 Å². The van der Waals surface area contributed by atoms with E-state index < -0.39 is 0 Å². The van der Waals surface area contributed by atoms with Crippen LogP contribution >= 0.6 is 11.6 Å². The molecule has 0 saturated heterocycles. The summed E-state index contributed by atoms with van der Waals surface area (Å²) < 4.78 is 1.84. The van der Waals surface area contributed by atoms with Crippen molar-refractivity contribution in [2.45, 2.75) is 13.5 Å². The van der Waals surface area contributed by atoms with Crippen molar-refractivity contribution in [2.24, 2.45) is 0 Å². The van der Waals surface area contributed by atoms with Gasteiger partial charge in [0.1, 0.15) is 5.82 Å². The fourth-order valence-corrected chi connectivity index (χ4v) is 1.94. The predicted octanol–water partition coefficient (Wildman–Crippen LogP) is 2.15. The molecule has 5 heteroatoms. The molecule has 1 aliphatic heterocycles. The first-order valence-corrected chi connectivity index (χ1v) is 5.08. The van der Waals surface area contributed by atoms with Crippen LogP contribution < -0.4 is 5.32 Å². The first-order chi connectivity index (χ1) is 7.24. The van der Waals surface area contributed by atoms with E-state index in [9.17, 15) is 0 Å². The van der Waals surface area contributed by atoms with Gasteiger partial charge in [-0.05, 0) is 25.1 Å². The molecule has 0 spiro atoms. The van der Waals surface area contributed by atoms with E-state index in [-0.39, 0.29) is 0 Å². The highest BCUT2D eigenvalue weighted by molar-refractivity contribution is 6.30. The maximum Gasteiger partial charge on any atom is 0.151 e. The van der Waals surface area contributed by atoms with E-state index in [4.69, 9.17) is 11.6 Å². The number of hydrogen-bond donors (Lipinski definition) is 1. The summed E-state index contributed by atoms with van der Waals surface area (Å²) in [6.07, 6.45) is 0. The lowest BCUT2D eigenvalue weighted by Gasteiger charge is -2.18. The molecule has 0 atom stereocenters. The summed E-state index contributed by atoms with van der Waals surface area (Å²) in [4.78, 5) is 4.33. The summed E-state index contributed by atoms with van der Waals surface area (Å²) in [5.41, 5.74) is 2.00. The van der Waals surface area contributed by atoms with Crippen molar-refractivity contribution in [1.29, 1.82) is 0 Å². The number of fused-ring (bicyclic) bond motifs is 3. The molecule has 0 saturated carbocycles. The number of benzene rings is 1. The lowest BCUT2D eigenvalue weighted by Crippen LogP contribution is -2.16. The van der Waals surface area contributed by atoms with Gasteiger partial charge in [0, 0.05) is 5.02 Å². The average Bonchev–Trinajstić information content (AvgIpc) is 2.58. The Kier molecular flexibility index (Phi) is 1.73. The number of halogens is 1. The van der Waals surface area contributed by atoms with Crippen LogP contribution in [0.15, 0.2) is 18.2 Å². The van der Waals surface area contributed by atoms with E-state index in [1.165, 1.54) is 0 Å². The summed E-state index contributed by atoms with van der Waals surface area (Å²) in [6.45, 7) is 2.59. The number of nitrogens with one attached hydrogen (secondary N) is 1. The minimum atomic E-state index is 0.704. The van der Waals surface area contributed by atoms with Crippen molar-refractivity contribution in [3.63, 3.8) is 0 Å². The predicted molar refractivity (Wildman–Crippen MR) is 58.4 cm³/mol. The number of anilines is 1. The smallest absolute Gasteiger partial charge is 0.151 e. The van der Waals surface area contributed by atoms with Crippen LogP contribution in [0.1, 0.15) is 11.6 Å². The van der Waals surface area contributed by atoms with Crippen molar-refractivity contribution in [1.82, 2.24) is 14.8 Å². The fourth-order valence-electron chi connectivity index (χ4n) is 1.77. The second kappa shape index (κ2) is 2.97. The van der Waals surface area contributed by atoms with Gasteiger partial charge in [-0.2, -0.15) is 5.10 Å². The summed E-state index contributed by atoms with van der Waals surface area (Å²) in [6, 6.07) is 5.71. The first kappa shape index (κ1) is 8.73. The van der Waals surface area contributed by atoms with Crippen molar-refractivity contribution >= 4 is 17.3 Å². The number of aryl methyl sites for hydroxylation is 1. The van der Waals surface area contributed by atoms with Crippen LogP contribution in [0.25, 0.3) is 5.69 Å². The molecule has 0 amide bonds. The number of rotatable bonds is 0. The Morgan fingerprint density at radius 3 is 3.20 bits per heavy atom. The second-order valence-electron chi connectivity index (χ2n) is 3.50. The highest BCUT2D eigenvalue weighted by Gasteiger charge is 2.17. The van der Waals surface area contributed by atoms with Crippen LogP contribution in [0.4, 0.5) is 5.69 Å². The van der Waals surface area contributed by atoms with Crippen LogP contribution in [0, 0.1) is 6.92 Å². The Hall–Kier alpha value is -1.55. The van der Waals surface area contributed by atoms with Crippen molar-refractivity contribution < 1.29 is 0 Å². The number of hydrogen-bond acceptors (Lipinski definition) is 3. The lowest BCUT2D eigenvalue weighted by atomic mass is 10.2. The van der Waals surface area contributed by atoms with Gasteiger partial charge >= 0.3 is 0 Å². The molecule has 0 aliphatic carbocycles. The molecule has 0 unspecified atom stereocenters. The topological polar surface area (TPSA) is 42.7 Å². The Bertz CT molecular complexity index is 532. The zero-order valence-electron chi connectivity index (χ0n) is 8.16. The molecule has 1 aliphatic rings. The maximum atomic E-state index is 5.96. The zero-order chi connectivity index (χ0) is 10.4. The molecule has 15 heavy (non-hydrogen) atoms. The number of aromatic nitrogens is 3. The molecule has 76 valence electrons. The largest absolute Gasteiger partial charge is 0.376 e. The zero-order valence-corrected chi connectivity index (χ0v) is 8.91. The quantitative estimate of drug-likeness (QED) is 0.740. The minimum absolute atomic E-state index is 0.704. The van der Waals surface area contributed by atoms with E-state index in [1.54, 1.807) is 0 Å². The maximum absolute atomic E-state index is 5.96. The summed E-state index contributed by atoms with van der Waals surface area (Å²) in [7, 11) is 0. The van der Waals surface area contributed by atoms with E-state index in [2.05, 4.69) is 15.4 Å². The molecular formula is C10H9ClN4. The van der Waals surface area contributed by atoms with Gasteiger partial charge in [0.15, 0.2) is 5.82 Å². The van der Waals surface area contributed by atoms with Gasteiger partial charge in [0.2, 0.25) is 0 Å². The van der Waals surface area contributed by atoms with E-state index in [0.29, 0.717) is 11.6 Å². The third-order valence-electron chi connectivity index (χ3n) is 2.40. The van der Waals surface area contributed by atoms with Crippen LogP contribution in [0.5, 0.6) is 0 Å². The summed E-state index contributed by atoms with van der Waals surface area (Å²) >= 11 is 5.96. The molecule has 0 fully saturated rings. The standard InChI is InChI=1S/C10H9ClN4/c1-6-13-10-5-12-8-3-2-7(11)4-9(8)15(10)14-6/h2-4,12H,5H2,1H3. The van der Waals surface area contributed by atoms with Gasteiger partial charge in [-0.15, -0.1) is 0 Å². The molecule has 3 rings (SSSR count). The van der Waals surface area contributed by atoms with Gasteiger partial charge in [0.05, 0.1) is 17.9 Å². The Morgan fingerprint density at radius 1 is 1.47 bits per heavy atom. The molecule has 0 radical (unpaired) electrons. The minimum Gasteiger partial charge on any atom is -0.376 e. The SMILES string of the molecule is Cc1nc2n(n1)-c1cc(Cl)ccc1NC2. The van der Waals surface area contributed by atoms with Gasteiger partial charge in [-0.3, -0.25) is 0 Å². The normalized spacial score (nSPS) is 12.9. The Balaban J connectivity index is 2.27. The molecule has 1 N–H and O–H groups in total. The second-order valence-corrected chi connectivity index (χ2v) is 3.94. The fraction of sp³-hybridized carbons (Fsp3) is 0.200. The molecule has 1 aromatic carbocycles. The summed E-state index contributed by atoms with van der Waals surface area (Å²) in [5.74, 6) is 1.70. The van der Waals surface area contributed by atoms with Gasteiger partial charge in [0.25, 0.3) is 0 Å². The van der Waals surface area contributed by atoms with Crippen molar-refractivity contribution in [3.8, 4) is 5.69 Å². The molecule has 2 heterocycles. The van der Waals surface area contributed by atoms with Crippen LogP contribution in [0.2, 0.25) is 5.02 Å². The van der Waals surface area contributed by atoms with Crippen LogP contribution in [0.3, 0.4) is 0 Å². The van der Waals surface area contributed by atoms with Gasteiger partial charge in [-0.25, -0.2) is 9.67 Å². The van der Waals surface area contributed by atoms with Crippen LogP contribution in [-0.4, -0.2) is 14.8 Å². The average molecular weight is 221 g/mol. The van der Waals surface area contributed by atoms with Gasteiger partial charge < -0.3 is 5.32 Å². The highest BCUT2D eigenvalue weighted by atomic mass is 35.5. The van der Waals surface area contributed by atoms with E-state index in [1.807, 2.05) is 29.8 Å². The molecule has 1 aromatic heterocycles. The lowest BCUT2D eigenvalue weighted by molar-refractivity contribution is 0.779. The highest BCUT2D eigenvalue weighted by Crippen LogP contribution is 2.28. The molecule has 0 bridgehead atoms. The molecular weight excluding hydrogens is 212 g/mol. The summed E-state index contributed by atoms with van der Waals surface area (Å²) in [5, 5.41) is 8.32. The molecule has 4 nitrogen and oxygen atoms in total. The third kappa shape index (κ3) is 1.29. The van der Waals surface area contributed by atoms with Crippen LogP contribution in [-0.2, 0) is 6.54 Å². The Morgan fingerprint density at radius 2 is 2.33 bits per heavy atom. The third-order valence-corrected chi connectivity index (χ3v) is 2.64. The van der Waals surface area contributed by atoms with E-state index >= 15 is 0 Å². The molecule has 2 aromatic rings. The number of nitrogens with zero attached hydrogens (tertiary/aromatic N) is 3. The first-order valence-electron chi connectivity index (χ1n) is 4.70.